The number of carbonyl (C=O) groups is 1. The Morgan fingerprint density at radius 1 is 1.19 bits per heavy atom. The lowest BCUT2D eigenvalue weighted by atomic mass is 10.3. The third-order valence-electron chi connectivity index (χ3n) is 3.42. The van der Waals surface area contributed by atoms with Gasteiger partial charge in [-0.15, -0.1) is 10.2 Å². The lowest BCUT2D eigenvalue weighted by Gasteiger charge is -2.08. The van der Waals surface area contributed by atoms with Crippen LogP contribution in [0.15, 0.2) is 55.1 Å². The third kappa shape index (κ3) is 4.77. The quantitative estimate of drug-likeness (QED) is 0.452. The number of benzene rings is 1. The molecule has 0 spiro atoms. The van der Waals surface area contributed by atoms with Crippen molar-refractivity contribution in [1.82, 2.24) is 14.8 Å². The number of hydrogen-bond donors (Lipinski definition) is 1. The summed E-state index contributed by atoms with van der Waals surface area (Å²) in [6.07, 6.45) is 0.922. The standard InChI is InChI=1S/C17H16Br2N4O2S/c1-2-9-23-16(13-7-8-14(19)25-13)21-22-17(23)26-10-15(24)20-12-5-3-11(18)4-6-12/h3-8H,2,9-10H2,1H3,(H,20,24). The molecule has 136 valence electrons. The van der Waals surface area contributed by atoms with Crippen LogP contribution in [-0.2, 0) is 11.3 Å². The maximum absolute atomic E-state index is 12.2. The predicted molar refractivity (Wildman–Crippen MR) is 109 cm³/mol. The van der Waals surface area contributed by atoms with Crippen LogP contribution in [0.3, 0.4) is 0 Å². The molecule has 0 fully saturated rings. The van der Waals surface area contributed by atoms with Crippen LogP contribution in [0.25, 0.3) is 11.6 Å². The molecule has 3 aromatic rings. The van der Waals surface area contributed by atoms with E-state index in [1.807, 2.05) is 41.0 Å². The molecule has 0 aliphatic heterocycles. The van der Waals surface area contributed by atoms with Gasteiger partial charge in [-0.25, -0.2) is 0 Å². The Balaban J connectivity index is 1.68. The van der Waals surface area contributed by atoms with Gasteiger partial charge < -0.3 is 9.73 Å². The second kappa shape index (κ2) is 8.88. The van der Waals surface area contributed by atoms with E-state index in [0.29, 0.717) is 21.4 Å². The number of rotatable bonds is 7. The Morgan fingerprint density at radius 3 is 2.62 bits per heavy atom. The topological polar surface area (TPSA) is 73.0 Å². The Bertz CT molecular complexity index is 893. The SMILES string of the molecule is CCCn1c(SCC(=O)Nc2ccc(Br)cc2)nnc1-c1ccc(Br)o1. The fourth-order valence-electron chi connectivity index (χ4n) is 2.30. The minimum atomic E-state index is -0.0920. The molecule has 0 aliphatic carbocycles. The first-order valence-corrected chi connectivity index (χ1v) is 10.5. The van der Waals surface area contributed by atoms with Crippen molar-refractivity contribution in [3.05, 3.63) is 45.5 Å². The van der Waals surface area contributed by atoms with Gasteiger partial charge >= 0.3 is 0 Å². The van der Waals surface area contributed by atoms with E-state index in [-0.39, 0.29) is 11.7 Å². The Morgan fingerprint density at radius 2 is 1.96 bits per heavy atom. The van der Waals surface area contributed by atoms with Gasteiger partial charge in [0.2, 0.25) is 11.7 Å². The second-order valence-electron chi connectivity index (χ2n) is 5.41. The summed E-state index contributed by atoms with van der Waals surface area (Å²) >= 11 is 8.03. The number of halogens is 2. The van der Waals surface area contributed by atoms with E-state index in [0.717, 1.165) is 23.1 Å². The van der Waals surface area contributed by atoms with Gasteiger partial charge in [0.15, 0.2) is 15.6 Å². The lowest BCUT2D eigenvalue weighted by molar-refractivity contribution is -0.113. The van der Waals surface area contributed by atoms with Crippen LogP contribution >= 0.6 is 43.6 Å². The van der Waals surface area contributed by atoms with E-state index in [1.54, 1.807) is 0 Å². The lowest BCUT2D eigenvalue weighted by Crippen LogP contribution is -2.14. The minimum absolute atomic E-state index is 0.0920. The molecule has 1 amide bonds. The number of aromatic nitrogens is 3. The predicted octanol–water partition coefficient (Wildman–Crippen LogP) is 5.20. The highest BCUT2D eigenvalue weighted by Crippen LogP contribution is 2.27. The maximum atomic E-state index is 12.2. The molecular formula is C17H16Br2N4O2S. The zero-order chi connectivity index (χ0) is 18.5. The van der Waals surface area contributed by atoms with Crippen LogP contribution in [0, 0.1) is 0 Å². The molecule has 0 saturated carbocycles. The van der Waals surface area contributed by atoms with Gasteiger partial charge in [-0.05, 0) is 58.7 Å². The number of thioether (sulfide) groups is 1. The summed E-state index contributed by atoms with van der Waals surface area (Å²) < 4.78 is 9.17. The molecule has 2 aromatic heterocycles. The zero-order valence-electron chi connectivity index (χ0n) is 13.9. The van der Waals surface area contributed by atoms with Crippen molar-refractivity contribution in [2.24, 2.45) is 0 Å². The van der Waals surface area contributed by atoms with E-state index >= 15 is 0 Å². The second-order valence-corrected chi connectivity index (χ2v) is 8.05. The molecule has 9 heteroatoms. The van der Waals surface area contributed by atoms with Crippen LogP contribution in [-0.4, -0.2) is 26.4 Å². The van der Waals surface area contributed by atoms with E-state index in [9.17, 15) is 4.79 Å². The van der Waals surface area contributed by atoms with Gasteiger partial charge in [-0.1, -0.05) is 34.6 Å². The fourth-order valence-corrected chi connectivity index (χ4v) is 3.63. The molecule has 0 aliphatic rings. The Hall–Kier alpha value is -1.58. The van der Waals surface area contributed by atoms with Gasteiger partial charge in [0.05, 0.1) is 5.75 Å². The molecular weight excluding hydrogens is 484 g/mol. The third-order valence-corrected chi connectivity index (χ3v) is 5.34. The van der Waals surface area contributed by atoms with E-state index in [2.05, 4.69) is 54.3 Å². The monoisotopic (exact) mass is 498 g/mol. The number of nitrogens with zero attached hydrogens (tertiary/aromatic N) is 3. The van der Waals surface area contributed by atoms with Crippen molar-refractivity contribution in [1.29, 1.82) is 0 Å². The number of furan rings is 1. The van der Waals surface area contributed by atoms with Crippen molar-refractivity contribution >= 4 is 55.2 Å². The van der Waals surface area contributed by atoms with Gasteiger partial charge in [-0.2, -0.15) is 0 Å². The summed E-state index contributed by atoms with van der Waals surface area (Å²) in [6, 6.07) is 11.1. The first-order chi connectivity index (χ1) is 12.6. The number of amides is 1. The van der Waals surface area contributed by atoms with Crippen LogP contribution in [0.2, 0.25) is 0 Å². The van der Waals surface area contributed by atoms with Gasteiger partial charge in [-0.3, -0.25) is 9.36 Å². The summed E-state index contributed by atoms with van der Waals surface area (Å²) in [5.41, 5.74) is 0.759. The van der Waals surface area contributed by atoms with Crippen molar-refractivity contribution in [2.75, 3.05) is 11.1 Å². The largest absolute Gasteiger partial charge is 0.446 e. The van der Waals surface area contributed by atoms with E-state index in [4.69, 9.17) is 4.42 Å². The molecule has 0 bridgehead atoms. The molecule has 0 saturated heterocycles. The van der Waals surface area contributed by atoms with Crippen LogP contribution < -0.4 is 5.32 Å². The summed E-state index contributed by atoms with van der Waals surface area (Å²) in [7, 11) is 0. The van der Waals surface area contributed by atoms with Crippen LogP contribution in [0.1, 0.15) is 13.3 Å². The summed E-state index contributed by atoms with van der Waals surface area (Å²) in [4.78, 5) is 12.2. The summed E-state index contributed by atoms with van der Waals surface area (Å²) in [5, 5.41) is 12.0. The minimum Gasteiger partial charge on any atom is -0.446 e. The van der Waals surface area contributed by atoms with E-state index in [1.165, 1.54) is 11.8 Å². The molecule has 2 heterocycles. The highest BCUT2D eigenvalue weighted by molar-refractivity contribution is 9.10. The molecule has 1 N–H and O–H groups in total. The number of carbonyl (C=O) groups excluding carboxylic acids is 1. The average molecular weight is 500 g/mol. The first kappa shape index (κ1) is 19.2. The highest BCUT2D eigenvalue weighted by atomic mass is 79.9. The van der Waals surface area contributed by atoms with Crippen molar-refractivity contribution in [3.63, 3.8) is 0 Å². The summed E-state index contributed by atoms with van der Waals surface area (Å²) in [6.45, 7) is 2.83. The fraction of sp³-hybridized carbons (Fsp3) is 0.235. The molecule has 3 rings (SSSR count). The van der Waals surface area contributed by atoms with Crippen LogP contribution in [0.5, 0.6) is 0 Å². The van der Waals surface area contributed by atoms with E-state index < -0.39 is 0 Å². The molecule has 26 heavy (non-hydrogen) atoms. The van der Waals surface area contributed by atoms with Gasteiger partial charge in [0.25, 0.3) is 0 Å². The molecule has 1 aromatic carbocycles. The van der Waals surface area contributed by atoms with Crippen LogP contribution in [0.4, 0.5) is 5.69 Å². The molecule has 0 unspecified atom stereocenters. The number of hydrogen-bond acceptors (Lipinski definition) is 5. The first-order valence-electron chi connectivity index (χ1n) is 7.94. The zero-order valence-corrected chi connectivity index (χ0v) is 17.9. The van der Waals surface area contributed by atoms with Crippen molar-refractivity contribution in [2.45, 2.75) is 25.0 Å². The molecule has 0 radical (unpaired) electrons. The van der Waals surface area contributed by atoms with Gasteiger partial charge in [0.1, 0.15) is 0 Å². The highest BCUT2D eigenvalue weighted by Gasteiger charge is 2.17. The van der Waals surface area contributed by atoms with Crippen molar-refractivity contribution in [3.8, 4) is 11.6 Å². The Labute approximate surface area is 172 Å². The normalized spacial score (nSPS) is 10.9. The average Bonchev–Trinajstić information content (AvgIpc) is 3.22. The maximum Gasteiger partial charge on any atom is 0.234 e. The smallest absolute Gasteiger partial charge is 0.234 e. The van der Waals surface area contributed by atoms with Crippen molar-refractivity contribution < 1.29 is 9.21 Å². The number of nitrogens with one attached hydrogen (secondary N) is 1. The summed E-state index contributed by atoms with van der Waals surface area (Å²) in [5.74, 6) is 1.46. The number of anilines is 1. The molecule has 0 atom stereocenters. The van der Waals surface area contributed by atoms with Gasteiger partial charge in [0, 0.05) is 16.7 Å². The Kier molecular flexibility index (Phi) is 6.55. The molecule has 6 nitrogen and oxygen atoms in total.